The molecular weight excluding hydrogens is 354 g/mol. The lowest BCUT2D eigenvalue weighted by Gasteiger charge is -2.56. The number of imide groups is 1. The molecule has 0 aromatic heterocycles. The Bertz CT molecular complexity index is 771. The third-order valence-corrected chi connectivity index (χ3v) is 7.13. The number of hydrogen-bond acceptors (Lipinski definition) is 3. The number of nitrogens with one attached hydrogen (secondary N) is 2. The van der Waals surface area contributed by atoms with Gasteiger partial charge in [-0.1, -0.05) is 30.3 Å². The average Bonchev–Trinajstić information content (AvgIpc) is 2.88. The molecule has 1 heterocycles. The molecule has 0 spiro atoms. The summed E-state index contributed by atoms with van der Waals surface area (Å²) in [7, 11) is 0. The van der Waals surface area contributed by atoms with Crippen molar-refractivity contribution in [1.29, 1.82) is 0 Å². The van der Waals surface area contributed by atoms with E-state index >= 15 is 0 Å². The lowest BCUT2D eigenvalue weighted by molar-refractivity contribution is -0.134. The minimum absolute atomic E-state index is 0.103. The Kier molecular flexibility index (Phi) is 4.18. The molecule has 148 valence electrons. The van der Waals surface area contributed by atoms with Crippen molar-refractivity contribution in [2.75, 3.05) is 6.54 Å². The zero-order chi connectivity index (χ0) is 19.3. The van der Waals surface area contributed by atoms with Crippen LogP contribution in [0.4, 0.5) is 4.79 Å². The average molecular weight is 381 g/mol. The van der Waals surface area contributed by atoms with Gasteiger partial charge in [0, 0.05) is 12.0 Å². The van der Waals surface area contributed by atoms with Gasteiger partial charge in [0.2, 0.25) is 5.91 Å². The summed E-state index contributed by atoms with van der Waals surface area (Å²) in [6.07, 6.45) is 7.54. The Morgan fingerprint density at radius 3 is 2.25 bits per heavy atom. The van der Waals surface area contributed by atoms with Crippen LogP contribution in [0.25, 0.3) is 0 Å². The summed E-state index contributed by atoms with van der Waals surface area (Å²) in [6, 6.07) is 8.54. The van der Waals surface area contributed by atoms with Crippen LogP contribution in [0.1, 0.15) is 44.1 Å². The van der Waals surface area contributed by atoms with Crippen molar-refractivity contribution in [3.8, 4) is 0 Å². The van der Waals surface area contributed by atoms with Gasteiger partial charge in [-0.25, -0.2) is 4.79 Å². The summed E-state index contributed by atoms with van der Waals surface area (Å²) >= 11 is 0. The van der Waals surface area contributed by atoms with Gasteiger partial charge in [0.15, 0.2) is 0 Å². The Hall–Kier alpha value is -2.37. The number of nitrogens with zero attached hydrogens (tertiary/aromatic N) is 1. The van der Waals surface area contributed by atoms with Crippen molar-refractivity contribution in [3.63, 3.8) is 0 Å². The molecule has 28 heavy (non-hydrogen) atoms. The maximum Gasteiger partial charge on any atom is 0.325 e. The van der Waals surface area contributed by atoms with E-state index in [-0.39, 0.29) is 23.9 Å². The van der Waals surface area contributed by atoms with Gasteiger partial charge in [-0.2, -0.15) is 0 Å². The third-order valence-electron chi connectivity index (χ3n) is 7.13. The fourth-order valence-electron chi connectivity index (χ4n) is 6.46. The van der Waals surface area contributed by atoms with E-state index in [1.165, 1.54) is 19.3 Å². The molecule has 0 radical (unpaired) electrons. The van der Waals surface area contributed by atoms with Gasteiger partial charge in [-0.3, -0.25) is 14.5 Å². The Morgan fingerprint density at radius 2 is 1.64 bits per heavy atom. The summed E-state index contributed by atoms with van der Waals surface area (Å²) < 4.78 is 0. The number of urea groups is 1. The van der Waals surface area contributed by atoms with Gasteiger partial charge in [0.25, 0.3) is 5.91 Å². The van der Waals surface area contributed by atoms with Gasteiger partial charge in [0.1, 0.15) is 12.6 Å². The summed E-state index contributed by atoms with van der Waals surface area (Å²) in [5, 5.41) is 5.97. The zero-order valence-corrected chi connectivity index (χ0v) is 16.0. The fraction of sp³-hybridized carbons (Fsp3) is 0.591. The number of rotatable bonds is 5. The Labute approximate surface area is 165 Å². The predicted molar refractivity (Wildman–Crippen MR) is 103 cm³/mol. The quantitative estimate of drug-likeness (QED) is 0.768. The van der Waals surface area contributed by atoms with Crippen LogP contribution in [0, 0.1) is 17.8 Å². The van der Waals surface area contributed by atoms with Gasteiger partial charge < -0.3 is 10.6 Å². The van der Waals surface area contributed by atoms with Crippen molar-refractivity contribution in [2.24, 2.45) is 17.8 Å². The van der Waals surface area contributed by atoms with Gasteiger partial charge in [-0.15, -0.1) is 0 Å². The van der Waals surface area contributed by atoms with Crippen molar-refractivity contribution in [2.45, 2.75) is 56.5 Å². The van der Waals surface area contributed by atoms with Crippen molar-refractivity contribution >= 4 is 17.8 Å². The summed E-state index contributed by atoms with van der Waals surface area (Å²) in [5.41, 5.74) is 0.884. The first kappa shape index (κ1) is 17.7. The van der Waals surface area contributed by atoms with E-state index in [9.17, 15) is 14.4 Å². The summed E-state index contributed by atoms with van der Waals surface area (Å²) in [6.45, 7) is -0.183. The molecule has 6 nitrogen and oxygen atoms in total. The minimum Gasteiger partial charge on any atom is -0.349 e. The Morgan fingerprint density at radius 1 is 1.04 bits per heavy atom. The van der Waals surface area contributed by atoms with Crippen molar-refractivity contribution < 1.29 is 14.4 Å². The fourth-order valence-corrected chi connectivity index (χ4v) is 6.46. The second-order valence-electron chi connectivity index (χ2n) is 9.36. The van der Waals surface area contributed by atoms with Gasteiger partial charge >= 0.3 is 6.03 Å². The molecule has 1 aliphatic heterocycles. The third kappa shape index (κ3) is 3.19. The van der Waals surface area contributed by atoms with E-state index in [2.05, 4.69) is 10.6 Å². The maximum absolute atomic E-state index is 12.8. The highest BCUT2D eigenvalue weighted by Gasteiger charge is 2.51. The molecule has 6 rings (SSSR count). The molecule has 1 aromatic carbocycles. The summed E-state index contributed by atoms with van der Waals surface area (Å²) in [4.78, 5) is 38.8. The monoisotopic (exact) mass is 381 g/mol. The molecule has 5 fully saturated rings. The zero-order valence-electron chi connectivity index (χ0n) is 16.0. The van der Waals surface area contributed by atoms with Crippen LogP contribution in [-0.4, -0.2) is 40.9 Å². The molecule has 4 aliphatic carbocycles. The second-order valence-corrected chi connectivity index (χ2v) is 9.36. The lowest BCUT2D eigenvalue weighted by Crippen LogP contribution is -2.61. The highest BCUT2D eigenvalue weighted by atomic mass is 16.2. The normalized spacial score (nSPS) is 35.9. The van der Waals surface area contributed by atoms with Gasteiger partial charge in [-0.05, 0) is 61.8 Å². The smallest absolute Gasteiger partial charge is 0.325 e. The van der Waals surface area contributed by atoms with Crippen LogP contribution in [0.5, 0.6) is 0 Å². The standard InChI is InChI=1S/C22H27N3O3/c26-19(24-22-10-15-6-16(11-22)8-17(7-15)12-22)13-25-20(27)18(23-21(25)28)9-14-4-2-1-3-5-14/h1-5,15-18H,6-13H2,(H,23,28)(H,24,26)/t15?,16?,17?,18-,22?/m0/s1. The molecule has 5 aliphatic rings. The molecule has 1 atom stereocenters. The number of amides is 4. The first-order valence-corrected chi connectivity index (χ1v) is 10.5. The van der Waals surface area contributed by atoms with Crippen LogP contribution < -0.4 is 10.6 Å². The topological polar surface area (TPSA) is 78.5 Å². The van der Waals surface area contributed by atoms with Crippen molar-refractivity contribution in [1.82, 2.24) is 15.5 Å². The van der Waals surface area contributed by atoms with Crippen LogP contribution in [0.3, 0.4) is 0 Å². The number of benzene rings is 1. The lowest BCUT2D eigenvalue weighted by atomic mass is 9.53. The van der Waals surface area contributed by atoms with Crippen molar-refractivity contribution in [3.05, 3.63) is 35.9 Å². The Balaban J connectivity index is 1.22. The molecule has 4 bridgehead atoms. The molecule has 4 amide bonds. The summed E-state index contributed by atoms with van der Waals surface area (Å²) in [5.74, 6) is 1.69. The molecular formula is C22H27N3O3. The van der Waals surface area contributed by atoms with E-state index in [1.54, 1.807) is 0 Å². The van der Waals surface area contributed by atoms with Crippen LogP contribution >= 0.6 is 0 Å². The second kappa shape index (κ2) is 6.61. The highest BCUT2D eigenvalue weighted by molar-refractivity contribution is 6.06. The van der Waals surface area contributed by atoms with Crippen LogP contribution in [0.2, 0.25) is 0 Å². The number of carbonyl (C=O) groups excluding carboxylic acids is 3. The molecule has 6 heteroatoms. The molecule has 1 aromatic rings. The number of hydrogen-bond donors (Lipinski definition) is 2. The first-order chi connectivity index (χ1) is 13.5. The SMILES string of the molecule is O=C(CN1C(=O)N[C@@H](Cc2ccccc2)C1=O)NC12CC3CC(CC(C3)C1)C2. The van der Waals surface area contributed by atoms with Crippen LogP contribution in [-0.2, 0) is 16.0 Å². The predicted octanol–water partition coefficient (Wildman–Crippen LogP) is 2.23. The van der Waals surface area contributed by atoms with E-state index in [1.807, 2.05) is 30.3 Å². The number of carbonyl (C=O) groups is 3. The van der Waals surface area contributed by atoms with Gasteiger partial charge in [0.05, 0.1) is 0 Å². The van der Waals surface area contributed by atoms with E-state index < -0.39 is 12.1 Å². The highest BCUT2D eigenvalue weighted by Crippen LogP contribution is 2.55. The first-order valence-electron chi connectivity index (χ1n) is 10.5. The van der Waals surface area contributed by atoms with E-state index in [4.69, 9.17) is 0 Å². The maximum atomic E-state index is 12.8. The molecule has 4 saturated carbocycles. The van der Waals surface area contributed by atoms with E-state index in [0.717, 1.165) is 47.5 Å². The largest absolute Gasteiger partial charge is 0.349 e. The van der Waals surface area contributed by atoms with E-state index in [0.29, 0.717) is 6.42 Å². The molecule has 1 saturated heterocycles. The minimum atomic E-state index is -0.595. The molecule has 0 unspecified atom stereocenters. The molecule has 2 N–H and O–H groups in total. The van der Waals surface area contributed by atoms with Crippen LogP contribution in [0.15, 0.2) is 30.3 Å².